The monoisotopic (exact) mass is 270 g/mol. The number of aryl methyl sites for hydroxylation is 1. The molecule has 0 saturated heterocycles. The van der Waals surface area contributed by atoms with E-state index >= 15 is 0 Å². The molecule has 0 atom stereocenters. The molecule has 2 rings (SSSR count). The number of benzene rings is 2. The first-order valence-corrected chi connectivity index (χ1v) is 5.99. The van der Waals surface area contributed by atoms with Crippen molar-refractivity contribution in [2.24, 2.45) is 0 Å². The molecule has 102 valence electrons. The number of nitrogens with two attached hydrogens (primary N) is 1. The second-order valence-corrected chi connectivity index (χ2v) is 4.38. The Balaban J connectivity index is 2.30. The van der Waals surface area contributed by atoms with Crippen LogP contribution in [-0.4, -0.2) is 17.0 Å². The molecular formula is C15H14N2O3. The fraction of sp³-hybridized carbons (Fsp3) is 0.0667. The molecule has 0 unspecified atom stereocenters. The van der Waals surface area contributed by atoms with Crippen molar-refractivity contribution in [1.82, 2.24) is 0 Å². The Morgan fingerprint density at radius 2 is 1.75 bits per heavy atom. The normalized spacial score (nSPS) is 10.1. The van der Waals surface area contributed by atoms with Crippen LogP contribution in [0.2, 0.25) is 0 Å². The number of rotatable bonds is 3. The number of hydrogen-bond acceptors (Lipinski definition) is 3. The van der Waals surface area contributed by atoms with Gasteiger partial charge in [-0.2, -0.15) is 0 Å². The molecule has 0 aromatic heterocycles. The van der Waals surface area contributed by atoms with Crippen molar-refractivity contribution < 1.29 is 14.7 Å². The van der Waals surface area contributed by atoms with Gasteiger partial charge in [0.25, 0.3) is 5.91 Å². The fourth-order valence-electron chi connectivity index (χ4n) is 1.88. The molecule has 20 heavy (non-hydrogen) atoms. The number of hydrogen-bond donors (Lipinski definition) is 3. The highest BCUT2D eigenvalue weighted by molar-refractivity contribution is 6.08. The zero-order chi connectivity index (χ0) is 14.7. The number of carbonyl (C=O) groups excluding carboxylic acids is 1. The van der Waals surface area contributed by atoms with Crippen molar-refractivity contribution in [3.8, 4) is 0 Å². The third kappa shape index (κ3) is 2.77. The molecule has 0 radical (unpaired) electrons. The predicted molar refractivity (Wildman–Crippen MR) is 76.9 cm³/mol. The van der Waals surface area contributed by atoms with Crippen molar-refractivity contribution in [2.75, 3.05) is 11.1 Å². The van der Waals surface area contributed by atoms with Crippen LogP contribution in [0.5, 0.6) is 0 Å². The van der Waals surface area contributed by atoms with Crippen LogP contribution >= 0.6 is 0 Å². The van der Waals surface area contributed by atoms with Gasteiger partial charge in [0.2, 0.25) is 0 Å². The number of nitrogens with one attached hydrogen (secondary N) is 1. The predicted octanol–water partition coefficient (Wildman–Crippen LogP) is 2.53. The van der Waals surface area contributed by atoms with Gasteiger partial charge in [-0.3, -0.25) is 4.79 Å². The molecule has 0 heterocycles. The minimum absolute atomic E-state index is 0.0938. The minimum atomic E-state index is -1.07. The highest BCUT2D eigenvalue weighted by atomic mass is 16.4. The quantitative estimate of drug-likeness (QED) is 0.747. The fourth-order valence-corrected chi connectivity index (χ4v) is 1.88. The maximum Gasteiger partial charge on any atom is 0.338 e. The van der Waals surface area contributed by atoms with Crippen LogP contribution in [0.25, 0.3) is 0 Å². The molecule has 0 bridgehead atoms. The van der Waals surface area contributed by atoms with Crippen LogP contribution in [0.1, 0.15) is 26.3 Å². The summed E-state index contributed by atoms with van der Waals surface area (Å²) in [5, 5.41) is 11.8. The number of aromatic carboxylic acids is 1. The van der Waals surface area contributed by atoms with Gasteiger partial charge in [0.1, 0.15) is 0 Å². The summed E-state index contributed by atoms with van der Waals surface area (Å²) in [6, 6.07) is 11.3. The summed E-state index contributed by atoms with van der Waals surface area (Å²) in [6.07, 6.45) is 0. The van der Waals surface area contributed by atoms with Crippen LogP contribution in [0.3, 0.4) is 0 Å². The van der Waals surface area contributed by atoms with E-state index < -0.39 is 5.97 Å². The molecule has 5 nitrogen and oxygen atoms in total. The standard InChI is InChI=1S/C15H14N2O3/c1-9-3-2-4-12(13(9)15(19)20)17-14(18)10-5-7-11(16)8-6-10/h2-8H,16H2,1H3,(H,17,18)(H,19,20). The zero-order valence-electron chi connectivity index (χ0n) is 10.9. The molecule has 0 spiro atoms. The molecule has 0 fully saturated rings. The lowest BCUT2D eigenvalue weighted by atomic mass is 10.1. The average molecular weight is 270 g/mol. The minimum Gasteiger partial charge on any atom is -0.478 e. The summed E-state index contributed by atoms with van der Waals surface area (Å²) < 4.78 is 0. The van der Waals surface area contributed by atoms with E-state index in [1.165, 1.54) is 0 Å². The van der Waals surface area contributed by atoms with Crippen molar-refractivity contribution in [1.29, 1.82) is 0 Å². The van der Waals surface area contributed by atoms with Gasteiger partial charge in [0.05, 0.1) is 11.3 Å². The molecule has 2 aromatic rings. The molecule has 2 aromatic carbocycles. The van der Waals surface area contributed by atoms with Gasteiger partial charge < -0.3 is 16.2 Å². The van der Waals surface area contributed by atoms with Crippen LogP contribution in [-0.2, 0) is 0 Å². The van der Waals surface area contributed by atoms with Crippen molar-refractivity contribution in [3.05, 3.63) is 59.2 Å². The van der Waals surface area contributed by atoms with Crippen molar-refractivity contribution >= 4 is 23.3 Å². The summed E-state index contributed by atoms with van der Waals surface area (Å²) in [6.45, 7) is 1.68. The number of nitrogen functional groups attached to an aromatic ring is 1. The second kappa shape index (κ2) is 5.44. The van der Waals surface area contributed by atoms with E-state index in [4.69, 9.17) is 5.73 Å². The van der Waals surface area contributed by atoms with E-state index in [1.807, 2.05) is 0 Å². The summed E-state index contributed by atoms with van der Waals surface area (Å²) in [5.41, 5.74) is 7.49. The zero-order valence-corrected chi connectivity index (χ0v) is 10.9. The third-order valence-corrected chi connectivity index (χ3v) is 2.91. The molecule has 4 N–H and O–H groups in total. The Morgan fingerprint density at radius 1 is 1.10 bits per heavy atom. The number of carboxylic acids is 1. The Kier molecular flexibility index (Phi) is 3.70. The maximum atomic E-state index is 12.1. The average Bonchev–Trinajstić information content (AvgIpc) is 2.39. The van der Waals surface area contributed by atoms with Crippen molar-refractivity contribution in [2.45, 2.75) is 6.92 Å². The molecule has 1 amide bonds. The van der Waals surface area contributed by atoms with Gasteiger partial charge >= 0.3 is 5.97 Å². The molecule has 5 heteroatoms. The van der Waals surface area contributed by atoms with Gasteiger partial charge in [0.15, 0.2) is 0 Å². The molecule has 0 aliphatic carbocycles. The highest BCUT2D eigenvalue weighted by Crippen LogP contribution is 2.20. The van der Waals surface area contributed by atoms with Crippen LogP contribution < -0.4 is 11.1 Å². The third-order valence-electron chi connectivity index (χ3n) is 2.91. The van der Waals surface area contributed by atoms with E-state index in [9.17, 15) is 14.7 Å². The van der Waals surface area contributed by atoms with Gasteiger partial charge in [0, 0.05) is 11.3 Å². The van der Waals surface area contributed by atoms with Crippen LogP contribution in [0.4, 0.5) is 11.4 Å². The number of carboxylic acid groups (broad SMARTS) is 1. The Hall–Kier alpha value is -2.82. The maximum absolute atomic E-state index is 12.1. The smallest absolute Gasteiger partial charge is 0.338 e. The van der Waals surface area contributed by atoms with Crippen LogP contribution in [0.15, 0.2) is 42.5 Å². The first-order valence-electron chi connectivity index (χ1n) is 5.99. The first-order chi connectivity index (χ1) is 9.49. The lowest BCUT2D eigenvalue weighted by Crippen LogP contribution is -2.15. The van der Waals surface area contributed by atoms with E-state index in [0.29, 0.717) is 16.8 Å². The van der Waals surface area contributed by atoms with E-state index in [0.717, 1.165) is 0 Å². The molecule has 0 saturated carbocycles. The highest BCUT2D eigenvalue weighted by Gasteiger charge is 2.15. The van der Waals surface area contributed by atoms with E-state index in [1.54, 1.807) is 49.4 Å². The van der Waals surface area contributed by atoms with E-state index in [2.05, 4.69) is 5.32 Å². The summed E-state index contributed by atoms with van der Waals surface area (Å²) in [5.74, 6) is -1.45. The van der Waals surface area contributed by atoms with Crippen molar-refractivity contribution in [3.63, 3.8) is 0 Å². The Labute approximate surface area is 116 Å². The first kappa shape index (κ1) is 13.6. The van der Waals surface area contributed by atoms with Gasteiger partial charge in [-0.05, 0) is 42.8 Å². The topological polar surface area (TPSA) is 92.4 Å². The second-order valence-electron chi connectivity index (χ2n) is 4.38. The molecule has 0 aliphatic rings. The molecule has 0 aliphatic heterocycles. The Bertz CT molecular complexity index is 663. The van der Waals surface area contributed by atoms with Gasteiger partial charge in [-0.1, -0.05) is 12.1 Å². The summed E-state index contributed by atoms with van der Waals surface area (Å²) in [7, 11) is 0. The largest absolute Gasteiger partial charge is 0.478 e. The SMILES string of the molecule is Cc1cccc(NC(=O)c2ccc(N)cc2)c1C(=O)O. The van der Waals surface area contributed by atoms with E-state index in [-0.39, 0.29) is 17.2 Å². The van der Waals surface area contributed by atoms with Gasteiger partial charge in [-0.15, -0.1) is 0 Å². The Morgan fingerprint density at radius 3 is 2.35 bits per heavy atom. The summed E-state index contributed by atoms with van der Waals surface area (Å²) in [4.78, 5) is 23.3. The number of carbonyl (C=O) groups is 2. The van der Waals surface area contributed by atoms with Crippen LogP contribution in [0, 0.1) is 6.92 Å². The molecular weight excluding hydrogens is 256 g/mol. The number of anilines is 2. The lowest BCUT2D eigenvalue weighted by Gasteiger charge is -2.10. The number of amides is 1. The summed E-state index contributed by atoms with van der Waals surface area (Å²) >= 11 is 0. The van der Waals surface area contributed by atoms with Gasteiger partial charge in [-0.25, -0.2) is 4.79 Å². The lowest BCUT2D eigenvalue weighted by molar-refractivity contribution is 0.0697.